The first-order chi connectivity index (χ1) is 10.2. The normalized spacial score (nSPS) is 17.9. The van der Waals surface area contributed by atoms with Crippen LogP contribution in [0.3, 0.4) is 0 Å². The number of hydrogen-bond acceptors (Lipinski definition) is 4. The van der Waals surface area contributed by atoms with Crippen LogP contribution in [0.2, 0.25) is 0 Å². The third kappa shape index (κ3) is 3.91. The maximum Gasteiger partial charge on any atom is 0.230 e. The number of carbonyl (C=O) groups excluding carboxylic acids is 2. The Bertz CT molecular complexity index is 521. The Morgan fingerprint density at radius 1 is 1.48 bits per heavy atom. The first-order valence-electron chi connectivity index (χ1n) is 6.96. The van der Waals surface area contributed by atoms with Gasteiger partial charge >= 0.3 is 0 Å². The van der Waals surface area contributed by atoms with Crippen LogP contribution in [0.15, 0.2) is 24.3 Å². The number of anilines is 1. The van der Waals surface area contributed by atoms with E-state index in [-0.39, 0.29) is 17.9 Å². The molecule has 5 nitrogen and oxygen atoms in total. The van der Waals surface area contributed by atoms with Gasteiger partial charge in [-0.05, 0) is 17.9 Å². The van der Waals surface area contributed by atoms with Crippen molar-refractivity contribution in [3.63, 3.8) is 0 Å². The molecular formula is C15H20N2O3S. The van der Waals surface area contributed by atoms with Gasteiger partial charge in [0.15, 0.2) is 0 Å². The molecule has 0 aromatic heterocycles. The SMILES string of the molecule is CCSCC(=O)N[C@@H]1CC(=O)N(c2ccccc2OC)C1. The van der Waals surface area contributed by atoms with Crippen LogP contribution in [0, 0.1) is 0 Å². The van der Waals surface area contributed by atoms with E-state index in [1.54, 1.807) is 23.8 Å². The summed E-state index contributed by atoms with van der Waals surface area (Å²) in [6, 6.07) is 7.28. The van der Waals surface area contributed by atoms with Crippen molar-refractivity contribution in [1.82, 2.24) is 5.32 Å². The number of rotatable bonds is 6. The summed E-state index contributed by atoms with van der Waals surface area (Å²) in [5.41, 5.74) is 0.754. The van der Waals surface area contributed by atoms with Crippen LogP contribution in [0.25, 0.3) is 0 Å². The highest BCUT2D eigenvalue weighted by Crippen LogP contribution is 2.30. The highest BCUT2D eigenvalue weighted by Gasteiger charge is 2.32. The van der Waals surface area contributed by atoms with Gasteiger partial charge in [-0.25, -0.2) is 0 Å². The minimum Gasteiger partial charge on any atom is -0.495 e. The number of amides is 2. The van der Waals surface area contributed by atoms with E-state index in [9.17, 15) is 9.59 Å². The molecule has 0 aliphatic carbocycles. The number of para-hydroxylation sites is 2. The maximum atomic E-state index is 12.2. The molecule has 0 unspecified atom stereocenters. The zero-order valence-electron chi connectivity index (χ0n) is 12.3. The Morgan fingerprint density at radius 3 is 2.95 bits per heavy atom. The van der Waals surface area contributed by atoms with Crippen molar-refractivity contribution in [3.8, 4) is 5.75 Å². The summed E-state index contributed by atoms with van der Waals surface area (Å²) in [6.45, 7) is 2.50. The molecule has 1 saturated heterocycles. The fourth-order valence-corrected chi connectivity index (χ4v) is 2.83. The number of hydrogen-bond donors (Lipinski definition) is 1. The summed E-state index contributed by atoms with van der Waals surface area (Å²) < 4.78 is 5.29. The van der Waals surface area contributed by atoms with Gasteiger partial charge in [-0.1, -0.05) is 19.1 Å². The van der Waals surface area contributed by atoms with Gasteiger partial charge in [0, 0.05) is 13.0 Å². The number of methoxy groups -OCH3 is 1. The van der Waals surface area contributed by atoms with Crippen molar-refractivity contribution < 1.29 is 14.3 Å². The molecule has 1 aliphatic heterocycles. The van der Waals surface area contributed by atoms with Gasteiger partial charge in [-0.3, -0.25) is 9.59 Å². The quantitative estimate of drug-likeness (QED) is 0.868. The summed E-state index contributed by atoms with van der Waals surface area (Å²) in [7, 11) is 1.58. The molecule has 0 radical (unpaired) electrons. The van der Waals surface area contributed by atoms with Crippen molar-refractivity contribution in [2.24, 2.45) is 0 Å². The molecular weight excluding hydrogens is 288 g/mol. The van der Waals surface area contributed by atoms with Gasteiger partial charge in [0.1, 0.15) is 5.75 Å². The second-order valence-corrected chi connectivity index (χ2v) is 6.06. The number of carbonyl (C=O) groups is 2. The largest absolute Gasteiger partial charge is 0.495 e. The maximum absolute atomic E-state index is 12.2. The molecule has 1 heterocycles. The standard InChI is InChI=1S/C15H20N2O3S/c1-3-21-10-14(18)16-11-8-15(19)17(9-11)12-6-4-5-7-13(12)20-2/h4-7,11H,3,8-10H2,1-2H3,(H,16,18)/t11-/m1/s1. The van der Waals surface area contributed by atoms with Gasteiger partial charge in [-0.2, -0.15) is 11.8 Å². The highest BCUT2D eigenvalue weighted by atomic mass is 32.2. The molecule has 2 amide bonds. The van der Waals surface area contributed by atoms with Gasteiger partial charge < -0.3 is 15.0 Å². The predicted molar refractivity (Wildman–Crippen MR) is 84.9 cm³/mol. The van der Waals surface area contributed by atoms with Crippen LogP contribution in [-0.4, -0.2) is 43.0 Å². The second kappa shape index (κ2) is 7.36. The molecule has 114 valence electrons. The van der Waals surface area contributed by atoms with Crippen molar-refractivity contribution >= 4 is 29.3 Å². The Hall–Kier alpha value is -1.69. The van der Waals surface area contributed by atoms with E-state index < -0.39 is 0 Å². The van der Waals surface area contributed by atoms with Crippen molar-refractivity contribution in [3.05, 3.63) is 24.3 Å². The minimum atomic E-state index is -0.132. The Kier molecular flexibility index (Phi) is 5.50. The highest BCUT2D eigenvalue weighted by molar-refractivity contribution is 7.99. The van der Waals surface area contributed by atoms with E-state index in [4.69, 9.17) is 4.74 Å². The fourth-order valence-electron chi connectivity index (χ4n) is 2.35. The first kappa shape index (κ1) is 15.7. The summed E-state index contributed by atoms with van der Waals surface area (Å²) in [6.07, 6.45) is 0.334. The number of ether oxygens (including phenoxy) is 1. The molecule has 1 aromatic carbocycles. The summed E-state index contributed by atoms with van der Waals surface area (Å²) in [5.74, 6) is 2.01. The summed E-state index contributed by atoms with van der Waals surface area (Å²) in [4.78, 5) is 25.6. The van der Waals surface area contributed by atoms with Gasteiger partial charge in [-0.15, -0.1) is 0 Å². The van der Waals surface area contributed by atoms with Gasteiger partial charge in [0.05, 0.1) is 24.6 Å². The van der Waals surface area contributed by atoms with Crippen molar-refractivity contribution in [2.45, 2.75) is 19.4 Å². The average molecular weight is 308 g/mol. The van der Waals surface area contributed by atoms with E-state index in [1.165, 1.54) is 0 Å². The van der Waals surface area contributed by atoms with Crippen LogP contribution in [-0.2, 0) is 9.59 Å². The van der Waals surface area contributed by atoms with Crippen LogP contribution < -0.4 is 15.0 Å². The number of thioether (sulfide) groups is 1. The molecule has 0 saturated carbocycles. The molecule has 0 spiro atoms. The van der Waals surface area contributed by atoms with E-state index in [0.717, 1.165) is 11.4 Å². The predicted octanol–water partition coefficient (Wildman–Crippen LogP) is 1.67. The van der Waals surface area contributed by atoms with E-state index in [2.05, 4.69) is 5.32 Å². The monoisotopic (exact) mass is 308 g/mol. The average Bonchev–Trinajstić information content (AvgIpc) is 2.85. The van der Waals surface area contributed by atoms with Gasteiger partial charge in [0.2, 0.25) is 11.8 Å². The minimum absolute atomic E-state index is 0.00736. The smallest absolute Gasteiger partial charge is 0.230 e. The van der Waals surface area contributed by atoms with E-state index in [1.807, 2.05) is 31.2 Å². The molecule has 1 aliphatic rings. The summed E-state index contributed by atoms with van der Waals surface area (Å²) in [5, 5.41) is 2.92. The molecule has 1 atom stereocenters. The molecule has 21 heavy (non-hydrogen) atoms. The Balaban J connectivity index is 2.01. The lowest BCUT2D eigenvalue weighted by atomic mass is 10.2. The van der Waals surface area contributed by atoms with Crippen LogP contribution in [0.5, 0.6) is 5.75 Å². The topological polar surface area (TPSA) is 58.6 Å². The van der Waals surface area contributed by atoms with E-state index in [0.29, 0.717) is 24.5 Å². The zero-order chi connectivity index (χ0) is 15.2. The third-order valence-electron chi connectivity index (χ3n) is 3.30. The fraction of sp³-hybridized carbons (Fsp3) is 0.467. The molecule has 6 heteroatoms. The zero-order valence-corrected chi connectivity index (χ0v) is 13.1. The lowest BCUT2D eigenvalue weighted by Crippen LogP contribution is -2.38. The lowest BCUT2D eigenvalue weighted by molar-refractivity contribution is -0.119. The third-order valence-corrected chi connectivity index (χ3v) is 4.18. The molecule has 1 fully saturated rings. The van der Waals surface area contributed by atoms with Gasteiger partial charge in [0.25, 0.3) is 0 Å². The van der Waals surface area contributed by atoms with Crippen LogP contribution in [0.4, 0.5) is 5.69 Å². The van der Waals surface area contributed by atoms with E-state index >= 15 is 0 Å². The number of nitrogens with one attached hydrogen (secondary N) is 1. The van der Waals surface area contributed by atoms with Crippen molar-refractivity contribution in [2.75, 3.05) is 30.1 Å². The van der Waals surface area contributed by atoms with Crippen LogP contribution in [0.1, 0.15) is 13.3 Å². The van der Waals surface area contributed by atoms with Crippen LogP contribution >= 0.6 is 11.8 Å². The summed E-state index contributed by atoms with van der Waals surface area (Å²) >= 11 is 1.57. The number of nitrogens with zero attached hydrogens (tertiary/aromatic N) is 1. The first-order valence-corrected chi connectivity index (χ1v) is 8.11. The van der Waals surface area contributed by atoms with Crippen molar-refractivity contribution in [1.29, 1.82) is 0 Å². The number of benzene rings is 1. The Morgan fingerprint density at radius 2 is 2.24 bits per heavy atom. The molecule has 1 aromatic rings. The Labute approximate surface area is 129 Å². The second-order valence-electron chi connectivity index (χ2n) is 4.78. The molecule has 2 rings (SSSR count). The molecule has 0 bridgehead atoms. The molecule has 1 N–H and O–H groups in total. The lowest BCUT2D eigenvalue weighted by Gasteiger charge is -2.19.